The van der Waals surface area contributed by atoms with E-state index < -0.39 is 11.4 Å². The van der Waals surface area contributed by atoms with Gasteiger partial charge in [0, 0.05) is 29.3 Å². The number of thiocarbonyl (C=S) groups is 1. The summed E-state index contributed by atoms with van der Waals surface area (Å²) < 4.78 is 7.59. The fraction of sp³-hybridized carbons (Fsp3) is 0.250. The third-order valence-electron chi connectivity index (χ3n) is 4.72. The minimum atomic E-state index is -0.910. The van der Waals surface area contributed by atoms with E-state index >= 15 is 0 Å². The molecule has 4 rings (SSSR count). The largest absolute Gasteiger partial charge is 0.481 e. The van der Waals surface area contributed by atoms with Crippen molar-refractivity contribution in [3.8, 4) is 11.3 Å². The molecule has 1 amide bonds. The number of fused-ring (bicyclic) bond motifs is 3. The lowest BCUT2D eigenvalue weighted by molar-refractivity contribution is -0.139. The van der Waals surface area contributed by atoms with Gasteiger partial charge in [-0.15, -0.1) is 0 Å². The van der Waals surface area contributed by atoms with Crippen molar-refractivity contribution in [2.75, 3.05) is 6.54 Å². The molecule has 6 nitrogen and oxygen atoms in total. The first kappa shape index (κ1) is 18.7. The molecule has 1 aromatic carbocycles. The molecule has 0 saturated carbocycles. The molecule has 0 saturated heterocycles. The summed E-state index contributed by atoms with van der Waals surface area (Å²) in [7, 11) is 0. The highest BCUT2D eigenvalue weighted by Gasteiger charge is 2.39. The maximum atomic E-state index is 12.8. The standard InChI is InChI=1S/C20H17ClN2O4S/c1-20(2,9-17(24)25)10-22-18(26)14-8-16-13(23(14)19(22)28)7-15(27-16)11-3-5-12(21)6-4-11/h3-8H,9-10H2,1-2H3,(H,24,25). The van der Waals surface area contributed by atoms with Gasteiger partial charge in [0.2, 0.25) is 0 Å². The van der Waals surface area contributed by atoms with E-state index in [1.165, 1.54) is 4.90 Å². The minimum absolute atomic E-state index is 0.0594. The summed E-state index contributed by atoms with van der Waals surface area (Å²) in [5, 5.41) is 10.1. The number of carbonyl (C=O) groups excluding carboxylic acids is 1. The second kappa shape index (κ2) is 6.46. The fourth-order valence-corrected chi connectivity index (χ4v) is 3.96. The highest BCUT2D eigenvalue weighted by Crippen LogP contribution is 2.35. The van der Waals surface area contributed by atoms with Gasteiger partial charge in [-0.2, -0.15) is 0 Å². The zero-order valence-electron chi connectivity index (χ0n) is 15.2. The van der Waals surface area contributed by atoms with Gasteiger partial charge in [0.05, 0.1) is 11.9 Å². The van der Waals surface area contributed by atoms with Crippen LogP contribution >= 0.6 is 23.8 Å². The molecule has 1 aliphatic heterocycles. The summed E-state index contributed by atoms with van der Waals surface area (Å²) in [6, 6.07) is 10.8. The van der Waals surface area contributed by atoms with E-state index in [-0.39, 0.29) is 18.9 Å². The molecular formula is C20H17ClN2O4S. The Balaban J connectivity index is 1.68. The summed E-state index contributed by atoms with van der Waals surface area (Å²) in [6.45, 7) is 3.83. The topological polar surface area (TPSA) is 75.7 Å². The zero-order chi connectivity index (χ0) is 20.2. The first-order valence-electron chi connectivity index (χ1n) is 8.65. The Labute approximate surface area is 171 Å². The van der Waals surface area contributed by atoms with Crippen molar-refractivity contribution in [1.82, 2.24) is 9.47 Å². The number of halogens is 1. The smallest absolute Gasteiger partial charge is 0.303 e. The van der Waals surface area contributed by atoms with Crippen molar-refractivity contribution in [3.05, 3.63) is 47.1 Å². The Morgan fingerprint density at radius 3 is 2.57 bits per heavy atom. The van der Waals surface area contributed by atoms with Crippen molar-refractivity contribution in [2.45, 2.75) is 20.3 Å². The van der Waals surface area contributed by atoms with Crippen molar-refractivity contribution < 1.29 is 19.1 Å². The summed E-state index contributed by atoms with van der Waals surface area (Å²) in [5.74, 6) is -0.508. The van der Waals surface area contributed by atoms with Gasteiger partial charge in [-0.25, -0.2) is 0 Å². The van der Waals surface area contributed by atoms with Gasteiger partial charge in [0.1, 0.15) is 11.5 Å². The number of amides is 1. The van der Waals surface area contributed by atoms with Crippen LogP contribution in [0.25, 0.3) is 22.4 Å². The summed E-state index contributed by atoms with van der Waals surface area (Å²) in [6.07, 6.45) is -0.0594. The second-order valence-electron chi connectivity index (χ2n) is 7.64. The molecule has 0 spiro atoms. The number of furan rings is 1. The molecule has 3 aromatic rings. The average Bonchev–Trinajstić information content (AvgIpc) is 3.21. The van der Waals surface area contributed by atoms with Gasteiger partial charge in [-0.3, -0.25) is 19.1 Å². The van der Waals surface area contributed by atoms with Crippen LogP contribution in [-0.2, 0) is 4.79 Å². The Morgan fingerprint density at radius 2 is 1.93 bits per heavy atom. The predicted molar refractivity (Wildman–Crippen MR) is 110 cm³/mol. The van der Waals surface area contributed by atoms with Crippen LogP contribution in [0.15, 0.2) is 40.8 Å². The normalized spacial score (nSPS) is 14.2. The van der Waals surface area contributed by atoms with E-state index in [0.717, 1.165) is 5.56 Å². The molecule has 0 radical (unpaired) electrons. The number of carbonyl (C=O) groups is 2. The molecule has 144 valence electrons. The number of nitrogens with zero attached hydrogens (tertiary/aromatic N) is 2. The molecular weight excluding hydrogens is 400 g/mol. The van der Waals surface area contributed by atoms with Crippen LogP contribution < -0.4 is 0 Å². The lowest BCUT2D eigenvalue weighted by Gasteiger charge is -2.28. The van der Waals surface area contributed by atoms with Crippen molar-refractivity contribution >= 4 is 51.9 Å². The van der Waals surface area contributed by atoms with Crippen LogP contribution in [0, 0.1) is 5.41 Å². The predicted octanol–water partition coefficient (Wildman–Crippen LogP) is 4.64. The minimum Gasteiger partial charge on any atom is -0.481 e. The summed E-state index contributed by atoms with van der Waals surface area (Å²) in [4.78, 5) is 25.4. The zero-order valence-corrected chi connectivity index (χ0v) is 16.8. The Kier molecular flexibility index (Phi) is 4.32. The molecule has 1 N–H and O–H groups in total. The van der Waals surface area contributed by atoms with Crippen molar-refractivity contribution in [1.29, 1.82) is 0 Å². The first-order chi connectivity index (χ1) is 13.2. The lowest BCUT2D eigenvalue weighted by atomic mass is 9.89. The maximum Gasteiger partial charge on any atom is 0.303 e. The van der Waals surface area contributed by atoms with Crippen LogP contribution in [0.3, 0.4) is 0 Å². The molecule has 0 aliphatic carbocycles. The van der Waals surface area contributed by atoms with Crippen LogP contribution in [0.2, 0.25) is 5.02 Å². The molecule has 28 heavy (non-hydrogen) atoms. The number of hydrogen-bond donors (Lipinski definition) is 1. The van der Waals surface area contributed by atoms with E-state index in [0.29, 0.717) is 32.7 Å². The van der Waals surface area contributed by atoms with Gasteiger partial charge >= 0.3 is 5.97 Å². The first-order valence-corrected chi connectivity index (χ1v) is 9.44. The third kappa shape index (κ3) is 3.10. The quantitative estimate of drug-likeness (QED) is 0.613. The average molecular weight is 417 g/mol. The highest BCUT2D eigenvalue weighted by molar-refractivity contribution is 7.80. The number of aliphatic carboxylic acids is 1. The van der Waals surface area contributed by atoms with Crippen LogP contribution in [-0.4, -0.2) is 38.1 Å². The van der Waals surface area contributed by atoms with Gasteiger partial charge in [0.15, 0.2) is 10.7 Å². The Bertz CT molecular complexity index is 1130. The second-order valence-corrected chi connectivity index (χ2v) is 8.44. The van der Waals surface area contributed by atoms with Gasteiger partial charge < -0.3 is 9.52 Å². The van der Waals surface area contributed by atoms with Crippen LogP contribution in [0.5, 0.6) is 0 Å². The molecule has 0 unspecified atom stereocenters. The molecule has 0 bridgehead atoms. The lowest BCUT2D eigenvalue weighted by Crippen LogP contribution is -2.39. The van der Waals surface area contributed by atoms with Crippen molar-refractivity contribution in [3.63, 3.8) is 0 Å². The van der Waals surface area contributed by atoms with Crippen LogP contribution in [0.1, 0.15) is 30.8 Å². The van der Waals surface area contributed by atoms with E-state index in [1.54, 1.807) is 36.6 Å². The highest BCUT2D eigenvalue weighted by atomic mass is 35.5. The van der Waals surface area contributed by atoms with Gasteiger partial charge in [-0.05, 0) is 41.9 Å². The molecule has 0 atom stereocenters. The number of aromatic nitrogens is 1. The number of hydrogen-bond acceptors (Lipinski definition) is 4. The molecule has 0 fully saturated rings. The Morgan fingerprint density at radius 1 is 1.25 bits per heavy atom. The summed E-state index contributed by atoms with van der Waals surface area (Å²) >= 11 is 11.5. The number of carboxylic acid groups (broad SMARTS) is 1. The van der Waals surface area contributed by atoms with Gasteiger partial charge in [-0.1, -0.05) is 25.4 Å². The SMILES string of the molecule is CC(C)(CC(=O)O)CN1C(=O)c2cc3oc(-c4ccc(Cl)cc4)cc3n2C1=S. The maximum absolute atomic E-state index is 12.8. The van der Waals surface area contributed by atoms with Crippen molar-refractivity contribution in [2.24, 2.45) is 5.41 Å². The van der Waals surface area contributed by atoms with E-state index in [1.807, 2.05) is 18.2 Å². The molecule has 3 heterocycles. The molecule has 8 heteroatoms. The van der Waals surface area contributed by atoms with Crippen LogP contribution in [0.4, 0.5) is 0 Å². The van der Waals surface area contributed by atoms with E-state index in [2.05, 4.69) is 0 Å². The van der Waals surface area contributed by atoms with Gasteiger partial charge in [0.25, 0.3) is 5.91 Å². The fourth-order valence-electron chi connectivity index (χ4n) is 3.49. The monoisotopic (exact) mass is 416 g/mol. The molecule has 1 aliphatic rings. The van der Waals surface area contributed by atoms with E-state index in [9.17, 15) is 9.59 Å². The number of rotatable bonds is 5. The molecule has 2 aromatic heterocycles. The summed E-state index contributed by atoms with van der Waals surface area (Å²) in [5.41, 5.74) is 1.95. The number of benzene rings is 1. The Hall–Kier alpha value is -2.64. The van der Waals surface area contributed by atoms with E-state index in [4.69, 9.17) is 33.3 Å². The third-order valence-corrected chi connectivity index (χ3v) is 5.38. The number of carboxylic acids is 1.